The number of hydrogen-bond acceptors (Lipinski definition) is 6. The highest BCUT2D eigenvalue weighted by molar-refractivity contribution is 9.10. The van der Waals surface area contributed by atoms with Crippen LogP contribution in [0.3, 0.4) is 0 Å². The number of nitrogen functional groups attached to an aromatic ring is 2. The number of methoxy groups -OCH3 is 1. The van der Waals surface area contributed by atoms with Gasteiger partial charge in [-0.25, -0.2) is 0 Å². The van der Waals surface area contributed by atoms with E-state index in [1.807, 2.05) is 18.2 Å². The van der Waals surface area contributed by atoms with Gasteiger partial charge in [-0.2, -0.15) is 9.97 Å². The second-order valence-corrected chi connectivity index (χ2v) is 4.36. The summed E-state index contributed by atoms with van der Waals surface area (Å²) >= 11 is 3.38. The number of nitrogens with two attached hydrogens (primary N) is 2. The lowest BCUT2D eigenvalue weighted by molar-refractivity contribution is 0.412. The van der Waals surface area contributed by atoms with Crippen molar-refractivity contribution in [2.75, 3.05) is 23.9 Å². The third kappa shape index (κ3) is 2.80. The zero-order valence-electron chi connectivity index (χ0n) is 9.64. The zero-order valence-corrected chi connectivity index (χ0v) is 11.2. The number of benzene rings is 1. The maximum Gasteiger partial charge on any atom is 0.223 e. The molecule has 2 rings (SSSR count). The van der Waals surface area contributed by atoms with Crippen LogP contribution >= 0.6 is 15.9 Å². The van der Waals surface area contributed by atoms with Gasteiger partial charge in [0.25, 0.3) is 0 Å². The highest BCUT2D eigenvalue weighted by Gasteiger charge is 2.04. The molecule has 5 N–H and O–H groups in total. The van der Waals surface area contributed by atoms with Crippen LogP contribution in [-0.4, -0.2) is 17.1 Å². The highest BCUT2D eigenvalue weighted by atomic mass is 79.9. The first-order valence-corrected chi connectivity index (χ1v) is 5.88. The van der Waals surface area contributed by atoms with Crippen molar-refractivity contribution in [3.8, 4) is 5.75 Å². The van der Waals surface area contributed by atoms with Gasteiger partial charge in [0, 0.05) is 17.8 Å². The molecule has 7 heteroatoms. The van der Waals surface area contributed by atoms with E-state index in [9.17, 15) is 0 Å². The molecule has 0 unspecified atom stereocenters. The molecule has 0 atom stereocenters. The van der Waals surface area contributed by atoms with Crippen molar-refractivity contribution in [2.24, 2.45) is 0 Å². The monoisotopic (exact) mass is 309 g/mol. The molecule has 0 aliphatic rings. The first-order valence-electron chi connectivity index (χ1n) is 5.09. The molecule has 0 spiro atoms. The van der Waals surface area contributed by atoms with E-state index in [0.717, 1.165) is 15.9 Å². The summed E-state index contributed by atoms with van der Waals surface area (Å²) < 4.78 is 6.07. The van der Waals surface area contributed by atoms with Crippen LogP contribution in [0.15, 0.2) is 28.7 Å². The smallest absolute Gasteiger partial charge is 0.223 e. The number of ether oxygens (including phenoxy) is 1. The fourth-order valence-electron chi connectivity index (χ4n) is 1.43. The van der Waals surface area contributed by atoms with E-state index in [-0.39, 0.29) is 5.95 Å². The molecule has 0 saturated carbocycles. The summed E-state index contributed by atoms with van der Waals surface area (Å²) in [5.74, 6) is 1.69. The SMILES string of the molecule is COc1cc(Nc2cc(N)nc(N)n2)ccc1Br. The first kappa shape index (κ1) is 12.4. The molecule has 1 aromatic heterocycles. The van der Waals surface area contributed by atoms with Gasteiger partial charge < -0.3 is 21.5 Å². The second-order valence-electron chi connectivity index (χ2n) is 3.51. The number of hydrogen-bond donors (Lipinski definition) is 3. The Bertz CT molecular complexity index is 555. The molecule has 94 valence electrons. The minimum atomic E-state index is 0.126. The Morgan fingerprint density at radius 3 is 2.67 bits per heavy atom. The summed E-state index contributed by atoms with van der Waals surface area (Å²) in [4.78, 5) is 7.83. The standard InChI is InChI=1S/C11H12BrN5O/c1-18-8-4-6(2-3-7(8)12)15-10-5-9(13)16-11(14)17-10/h2-5H,1H3,(H5,13,14,15,16,17). The number of anilines is 4. The molecule has 0 amide bonds. The number of rotatable bonds is 3. The molecular weight excluding hydrogens is 298 g/mol. The molecule has 0 aliphatic heterocycles. The maximum atomic E-state index is 5.59. The van der Waals surface area contributed by atoms with Gasteiger partial charge in [0.05, 0.1) is 11.6 Å². The van der Waals surface area contributed by atoms with Gasteiger partial charge >= 0.3 is 0 Å². The van der Waals surface area contributed by atoms with Crippen LogP contribution < -0.4 is 21.5 Å². The number of aromatic nitrogens is 2. The molecule has 2 aromatic rings. The molecule has 0 aliphatic carbocycles. The third-order valence-corrected chi connectivity index (χ3v) is 2.84. The highest BCUT2D eigenvalue weighted by Crippen LogP contribution is 2.29. The van der Waals surface area contributed by atoms with Crippen molar-refractivity contribution >= 4 is 39.2 Å². The van der Waals surface area contributed by atoms with Gasteiger partial charge in [0.2, 0.25) is 5.95 Å². The van der Waals surface area contributed by atoms with Crippen LogP contribution in [0.4, 0.5) is 23.3 Å². The van der Waals surface area contributed by atoms with Crippen LogP contribution in [0, 0.1) is 0 Å². The summed E-state index contributed by atoms with van der Waals surface area (Å²) in [5, 5.41) is 3.08. The summed E-state index contributed by atoms with van der Waals surface area (Å²) in [6, 6.07) is 7.18. The Morgan fingerprint density at radius 2 is 2.00 bits per heavy atom. The summed E-state index contributed by atoms with van der Waals surface area (Å²) in [6.45, 7) is 0. The molecule has 0 fully saturated rings. The zero-order chi connectivity index (χ0) is 13.1. The molecule has 6 nitrogen and oxygen atoms in total. The normalized spacial score (nSPS) is 10.1. The maximum absolute atomic E-state index is 5.59. The van der Waals surface area contributed by atoms with Crippen LogP contribution in [0.2, 0.25) is 0 Å². The summed E-state index contributed by atoms with van der Waals surface area (Å²) in [6.07, 6.45) is 0. The van der Waals surface area contributed by atoms with Crippen molar-refractivity contribution in [3.05, 3.63) is 28.7 Å². The molecule has 0 bridgehead atoms. The van der Waals surface area contributed by atoms with Crippen molar-refractivity contribution in [3.63, 3.8) is 0 Å². The summed E-state index contributed by atoms with van der Waals surface area (Å²) in [7, 11) is 1.60. The Morgan fingerprint density at radius 1 is 1.22 bits per heavy atom. The number of nitrogens with one attached hydrogen (secondary N) is 1. The van der Waals surface area contributed by atoms with Crippen molar-refractivity contribution in [2.45, 2.75) is 0 Å². The van der Waals surface area contributed by atoms with E-state index in [1.54, 1.807) is 13.2 Å². The van der Waals surface area contributed by atoms with Crippen molar-refractivity contribution in [1.29, 1.82) is 0 Å². The van der Waals surface area contributed by atoms with Gasteiger partial charge in [-0.3, -0.25) is 0 Å². The van der Waals surface area contributed by atoms with E-state index >= 15 is 0 Å². The van der Waals surface area contributed by atoms with Crippen LogP contribution in [0.25, 0.3) is 0 Å². The predicted molar refractivity (Wildman–Crippen MR) is 74.8 cm³/mol. The van der Waals surface area contributed by atoms with E-state index in [0.29, 0.717) is 11.6 Å². The number of nitrogens with zero attached hydrogens (tertiary/aromatic N) is 2. The van der Waals surface area contributed by atoms with Crippen molar-refractivity contribution in [1.82, 2.24) is 9.97 Å². The van der Waals surface area contributed by atoms with E-state index in [4.69, 9.17) is 16.2 Å². The van der Waals surface area contributed by atoms with Gasteiger partial charge in [-0.1, -0.05) is 0 Å². The van der Waals surface area contributed by atoms with Crippen LogP contribution in [0.1, 0.15) is 0 Å². The molecular formula is C11H12BrN5O. The minimum Gasteiger partial charge on any atom is -0.495 e. The van der Waals surface area contributed by atoms with E-state index < -0.39 is 0 Å². The topological polar surface area (TPSA) is 99.1 Å². The largest absolute Gasteiger partial charge is 0.495 e. The molecule has 18 heavy (non-hydrogen) atoms. The summed E-state index contributed by atoms with van der Waals surface area (Å²) in [5.41, 5.74) is 11.9. The van der Waals surface area contributed by atoms with Gasteiger partial charge in [-0.05, 0) is 28.1 Å². The first-order chi connectivity index (χ1) is 8.58. The lowest BCUT2D eigenvalue weighted by Crippen LogP contribution is -2.03. The molecule has 0 saturated heterocycles. The lowest BCUT2D eigenvalue weighted by Gasteiger charge is -2.09. The Hall–Kier alpha value is -2.02. The van der Waals surface area contributed by atoms with E-state index in [2.05, 4.69) is 31.2 Å². The van der Waals surface area contributed by atoms with Gasteiger partial charge in [0.1, 0.15) is 17.4 Å². The van der Waals surface area contributed by atoms with Crippen LogP contribution in [-0.2, 0) is 0 Å². The average molecular weight is 310 g/mol. The fraction of sp³-hybridized carbons (Fsp3) is 0.0909. The van der Waals surface area contributed by atoms with Crippen LogP contribution in [0.5, 0.6) is 5.75 Å². The Balaban J connectivity index is 2.28. The average Bonchev–Trinajstić information content (AvgIpc) is 2.30. The van der Waals surface area contributed by atoms with Gasteiger partial charge in [0.15, 0.2) is 0 Å². The second kappa shape index (κ2) is 5.09. The lowest BCUT2D eigenvalue weighted by atomic mass is 10.3. The number of halogens is 1. The molecule has 1 heterocycles. The third-order valence-electron chi connectivity index (χ3n) is 2.19. The quantitative estimate of drug-likeness (QED) is 0.803. The van der Waals surface area contributed by atoms with E-state index in [1.165, 1.54) is 0 Å². The fourth-order valence-corrected chi connectivity index (χ4v) is 1.84. The van der Waals surface area contributed by atoms with Crippen molar-refractivity contribution < 1.29 is 4.74 Å². The van der Waals surface area contributed by atoms with Gasteiger partial charge in [-0.15, -0.1) is 0 Å². The minimum absolute atomic E-state index is 0.126. The predicted octanol–water partition coefficient (Wildman–Crippen LogP) is 2.16. The Labute approximate surface area is 113 Å². The Kier molecular flexibility index (Phi) is 3.52. The molecule has 0 radical (unpaired) electrons. The molecule has 1 aromatic carbocycles.